The quantitative estimate of drug-likeness (QED) is 0.437. The van der Waals surface area contributed by atoms with Gasteiger partial charge in [-0.25, -0.2) is 19.3 Å². The van der Waals surface area contributed by atoms with Crippen molar-refractivity contribution in [3.63, 3.8) is 0 Å². The molecule has 2 saturated carbocycles. The van der Waals surface area contributed by atoms with Crippen LogP contribution in [-0.4, -0.2) is 37.4 Å². The fraction of sp³-hybridized carbons (Fsp3) is 0.379. The molecule has 8 heteroatoms. The zero-order valence-corrected chi connectivity index (χ0v) is 20.6. The summed E-state index contributed by atoms with van der Waals surface area (Å²) in [5.74, 6) is 1.50. The van der Waals surface area contributed by atoms with Crippen molar-refractivity contribution in [3.8, 4) is 11.1 Å². The lowest BCUT2D eigenvalue weighted by Gasteiger charge is -2.36. The lowest BCUT2D eigenvalue weighted by molar-refractivity contribution is 0.0734. The number of hydrogen-bond donors (Lipinski definition) is 1. The molecule has 0 spiro atoms. The number of carbonyl (C=O) groups is 1. The highest BCUT2D eigenvalue weighted by atomic mass is 19.1. The molecular weight excluding hydrogens is 467 g/mol. The Morgan fingerprint density at radius 3 is 2.51 bits per heavy atom. The minimum Gasteiger partial charge on any atom is -0.331 e. The predicted octanol–water partition coefficient (Wildman–Crippen LogP) is 4.91. The summed E-state index contributed by atoms with van der Waals surface area (Å²) in [6, 6.07) is 11.4. The highest BCUT2D eigenvalue weighted by Crippen LogP contribution is 2.56. The fourth-order valence-corrected chi connectivity index (χ4v) is 6.58. The van der Waals surface area contributed by atoms with Gasteiger partial charge in [-0.05, 0) is 67.0 Å². The molecule has 4 heterocycles. The van der Waals surface area contributed by atoms with Gasteiger partial charge < -0.3 is 15.2 Å². The van der Waals surface area contributed by atoms with E-state index < -0.39 is 11.2 Å². The smallest absolute Gasteiger partial charge is 0.254 e. The number of aromatic nitrogens is 4. The first-order chi connectivity index (χ1) is 17.9. The Morgan fingerprint density at radius 1 is 1.03 bits per heavy atom. The van der Waals surface area contributed by atoms with E-state index in [-0.39, 0.29) is 18.0 Å². The SMILES string of the molecule is CN1C(=O)c2cccc(C3(F)CC3)c2[C@H]2C[C@@H]1c1nc3ccc(-c4cnc(C5(N)CCC5)nc4)cc3n12. The van der Waals surface area contributed by atoms with Gasteiger partial charge in [0, 0.05) is 37.0 Å². The predicted molar refractivity (Wildman–Crippen MR) is 137 cm³/mol. The van der Waals surface area contributed by atoms with E-state index in [1.807, 2.05) is 49.8 Å². The van der Waals surface area contributed by atoms with Crippen molar-refractivity contribution < 1.29 is 9.18 Å². The van der Waals surface area contributed by atoms with Crippen LogP contribution in [0.2, 0.25) is 0 Å². The van der Waals surface area contributed by atoms with Crippen molar-refractivity contribution in [2.24, 2.45) is 5.73 Å². The van der Waals surface area contributed by atoms with E-state index in [1.165, 1.54) is 0 Å². The molecule has 0 radical (unpaired) electrons. The first-order valence-corrected chi connectivity index (χ1v) is 13.1. The maximum atomic E-state index is 15.6. The largest absolute Gasteiger partial charge is 0.331 e. The Balaban J connectivity index is 1.29. The zero-order valence-electron chi connectivity index (χ0n) is 20.6. The molecular formula is C29H27FN6O. The number of nitrogens with zero attached hydrogens (tertiary/aromatic N) is 5. The molecule has 2 atom stereocenters. The summed E-state index contributed by atoms with van der Waals surface area (Å²) in [6.45, 7) is 0. The number of carbonyl (C=O) groups excluding carboxylic acids is 1. The Kier molecular flexibility index (Phi) is 4.06. The van der Waals surface area contributed by atoms with Crippen LogP contribution in [0.3, 0.4) is 0 Å². The van der Waals surface area contributed by atoms with Gasteiger partial charge in [0.1, 0.15) is 17.3 Å². The van der Waals surface area contributed by atoms with Crippen molar-refractivity contribution in [3.05, 3.63) is 77.1 Å². The summed E-state index contributed by atoms with van der Waals surface area (Å²) < 4.78 is 17.8. The van der Waals surface area contributed by atoms with Crippen molar-refractivity contribution in [2.45, 2.75) is 61.8 Å². The van der Waals surface area contributed by atoms with Gasteiger partial charge in [0.05, 0.1) is 28.7 Å². The van der Waals surface area contributed by atoms with Crippen LogP contribution in [0.1, 0.15) is 83.7 Å². The minimum absolute atomic E-state index is 0.0611. The molecule has 4 aromatic rings. The molecule has 2 bridgehead atoms. The fourth-order valence-electron chi connectivity index (χ4n) is 6.58. The number of imidazole rings is 1. The van der Waals surface area contributed by atoms with Gasteiger partial charge in [-0.3, -0.25) is 4.79 Å². The average Bonchev–Trinajstić information content (AvgIpc) is 3.42. The van der Waals surface area contributed by atoms with Crippen molar-refractivity contribution in [1.82, 2.24) is 24.4 Å². The number of nitrogens with two attached hydrogens (primary N) is 1. The Labute approximate surface area is 213 Å². The van der Waals surface area contributed by atoms with Gasteiger partial charge in [0.15, 0.2) is 0 Å². The van der Waals surface area contributed by atoms with Crippen molar-refractivity contribution in [2.75, 3.05) is 7.05 Å². The third-order valence-corrected chi connectivity index (χ3v) is 9.08. The highest BCUT2D eigenvalue weighted by Gasteiger charge is 2.51. The summed E-state index contributed by atoms with van der Waals surface area (Å²) in [6.07, 6.45) is 8.36. The molecule has 186 valence electrons. The number of benzene rings is 2. The highest BCUT2D eigenvalue weighted by molar-refractivity contribution is 5.97. The molecule has 0 saturated heterocycles. The molecule has 4 aliphatic rings. The van der Waals surface area contributed by atoms with Crippen molar-refractivity contribution in [1.29, 1.82) is 0 Å². The Hall–Kier alpha value is -3.65. The van der Waals surface area contributed by atoms with Gasteiger partial charge in [0.25, 0.3) is 5.91 Å². The second-order valence-electron chi connectivity index (χ2n) is 11.3. The maximum absolute atomic E-state index is 15.6. The third kappa shape index (κ3) is 2.84. The van der Waals surface area contributed by atoms with Crippen LogP contribution < -0.4 is 5.73 Å². The number of halogens is 1. The minimum atomic E-state index is -1.34. The number of alkyl halides is 1. The van der Waals surface area contributed by atoms with Gasteiger partial charge in [-0.1, -0.05) is 18.2 Å². The van der Waals surface area contributed by atoms with Crippen LogP contribution >= 0.6 is 0 Å². The molecule has 0 unspecified atom stereocenters. The Bertz CT molecular complexity index is 1620. The molecule has 2 aliphatic heterocycles. The van der Waals surface area contributed by atoms with Crippen LogP contribution in [0.4, 0.5) is 4.39 Å². The van der Waals surface area contributed by atoms with E-state index in [0.29, 0.717) is 36.2 Å². The van der Waals surface area contributed by atoms with E-state index in [9.17, 15) is 4.79 Å². The number of amides is 1. The molecule has 1 amide bonds. The summed E-state index contributed by atoms with van der Waals surface area (Å²) in [7, 11) is 1.83. The van der Waals surface area contributed by atoms with Crippen LogP contribution in [-0.2, 0) is 11.2 Å². The van der Waals surface area contributed by atoms with E-state index in [1.54, 1.807) is 4.90 Å². The third-order valence-electron chi connectivity index (χ3n) is 9.08. The molecule has 37 heavy (non-hydrogen) atoms. The lowest BCUT2D eigenvalue weighted by Crippen LogP contribution is -2.44. The molecule has 7 nitrogen and oxygen atoms in total. The molecule has 2 aromatic heterocycles. The van der Waals surface area contributed by atoms with Crippen LogP contribution in [0.25, 0.3) is 22.2 Å². The number of rotatable bonds is 3. The summed E-state index contributed by atoms with van der Waals surface area (Å²) in [5, 5.41) is 0. The summed E-state index contributed by atoms with van der Waals surface area (Å²) in [4.78, 5) is 29.4. The number of fused-ring (bicyclic) bond motifs is 9. The first-order valence-electron chi connectivity index (χ1n) is 13.1. The molecule has 2 N–H and O–H groups in total. The summed E-state index contributed by atoms with van der Waals surface area (Å²) >= 11 is 0. The topological polar surface area (TPSA) is 89.9 Å². The first kappa shape index (κ1) is 21.4. The van der Waals surface area contributed by atoms with Gasteiger partial charge >= 0.3 is 0 Å². The molecule has 2 fully saturated rings. The van der Waals surface area contributed by atoms with E-state index in [4.69, 9.17) is 10.7 Å². The average molecular weight is 495 g/mol. The van der Waals surface area contributed by atoms with Gasteiger partial charge in [-0.2, -0.15) is 0 Å². The molecule has 2 aromatic carbocycles. The second-order valence-corrected chi connectivity index (χ2v) is 11.3. The molecule has 8 rings (SSSR count). The van der Waals surface area contributed by atoms with Crippen LogP contribution in [0.5, 0.6) is 0 Å². The van der Waals surface area contributed by atoms with Crippen LogP contribution in [0, 0.1) is 0 Å². The summed E-state index contributed by atoms with van der Waals surface area (Å²) in [5.41, 5.74) is 10.5. The normalized spacial score (nSPS) is 24.4. The van der Waals surface area contributed by atoms with E-state index >= 15 is 4.39 Å². The second kappa shape index (κ2) is 7.01. The number of hydrogen-bond acceptors (Lipinski definition) is 5. The van der Waals surface area contributed by atoms with Crippen molar-refractivity contribution >= 4 is 16.9 Å². The standard InChI is InChI=1S/C29H27FN6O/c1-35-23-13-22(24-18(26(35)37)4-2-5-19(24)28(30)10-11-28)36-21-12-16(6-7-20(21)34-25(23)36)17-14-32-27(33-15-17)29(31)8-3-9-29/h2,4-7,12,14-15,22-23H,3,8-11,13,31H2,1H3/t22-,23-/m1/s1. The van der Waals surface area contributed by atoms with Gasteiger partial charge in [-0.15, -0.1) is 0 Å². The van der Waals surface area contributed by atoms with E-state index in [2.05, 4.69) is 20.6 Å². The lowest BCUT2D eigenvalue weighted by atomic mass is 9.77. The molecule has 2 aliphatic carbocycles. The zero-order chi connectivity index (χ0) is 25.1. The van der Waals surface area contributed by atoms with Crippen LogP contribution in [0.15, 0.2) is 48.8 Å². The monoisotopic (exact) mass is 494 g/mol. The Morgan fingerprint density at radius 2 is 1.81 bits per heavy atom. The van der Waals surface area contributed by atoms with E-state index in [0.717, 1.165) is 52.8 Å². The van der Waals surface area contributed by atoms with Gasteiger partial charge in [0.2, 0.25) is 0 Å². The maximum Gasteiger partial charge on any atom is 0.254 e.